The third kappa shape index (κ3) is 4.24. The summed E-state index contributed by atoms with van der Waals surface area (Å²) in [6.07, 6.45) is 0. The van der Waals surface area contributed by atoms with Crippen LogP contribution in [0.3, 0.4) is 0 Å². The summed E-state index contributed by atoms with van der Waals surface area (Å²) in [7, 11) is 0. The van der Waals surface area contributed by atoms with Gasteiger partial charge in [0.25, 0.3) is 0 Å². The molecule has 0 atom stereocenters. The Kier molecular flexibility index (Phi) is 5.23. The summed E-state index contributed by atoms with van der Waals surface area (Å²) in [4.78, 5) is 2.50. The topological polar surface area (TPSA) is 38.0 Å². The van der Waals surface area contributed by atoms with Gasteiger partial charge in [0.05, 0.1) is 0 Å². The van der Waals surface area contributed by atoms with Gasteiger partial charge in [-0.2, -0.15) is 0 Å². The van der Waals surface area contributed by atoms with Crippen LogP contribution in [0.4, 0.5) is 11.4 Å². The molecule has 0 saturated heterocycles. The first-order valence-electron chi connectivity index (χ1n) is 4.97. The summed E-state index contributed by atoms with van der Waals surface area (Å²) in [6.45, 7) is 2.00. The SMILES string of the molecule is Cc1ccccc1N.ClNc1ccccc1. The van der Waals surface area contributed by atoms with E-state index in [1.165, 1.54) is 0 Å². The van der Waals surface area contributed by atoms with Crippen molar-refractivity contribution in [3.05, 3.63) is 60.2 Å². The summed E-state index contributed by atoms with van der Waals surface area (Å²) in [6, 6.07) is 17.4. The first kappa shape index (κ1) is 12.4. The largest absolute Gasteiger partial charge is 0.399 e. The lowest BCUT2D eigenvalue weighted by atomic mass is 10.2. The third-order valence-corrected chi connectivity index (χ3v) is 2.29. The first-order chi connectivity index (χ1) is 7.74. The van der Waals surface area contributed by atoms with Crippen LogP contribution in [-0.2, 0) is 0 Å². The third-order valence-electron chi connectivity index (χ3n) is 2.07. The predicted molar refractivity (Wildman–Crippen MR) is 71.5 cm³/mol. The van der Waals surface area contributed by atoms with E-state index in [-0.39, 0.29) is 0 Å². The second kappa shape index (κ2) is 6.75. The van der Waals surface area contributed by atoms with E-state index in [1.54, 1.807) is 0 Å². The van der Waals surface area contributed by atoms with E-state index in [1.807, 2.05) is 61.5 Å². The van der Waals surface area contributed by atoms with Crippen LogP contribution in [-0.4, -0.2) is 0 Å². The summed E-state index contributed by atoms with van der Waals surface area (Å²) in [5.74, 6) is 0. The molecule has 0 radical (unpaired) electrons. The molecule has 3 N–H and O–H groups in total. The van der Waals surface area contributed by atoms with Crippen LogP contribution >= 0.6 is 11.8 Å². The zero-order valence-electron chi connectivity index (χ0n) is 9.15. The fourth-order valence-corrected chi connectivity index (χ4v) is 1.21. The zero-order chi connectivity index (χ0) is 11.8. The van der Waals surface area contributed by atoms with E-state index in [9.17, 15) is 0 Å². The second-order valence-electron chi connectivity index (χ2n) is 3.32. The molecule has 0 fully saturated rings. The van der Waals surface area contributed by atoms with Crippen molar-refractivity contribution in [1.82, 2.24) is 0 Å². The summed E-state index contributed by atoms with van der Waals surface area (Å²) < 4.78 is 0. The smallest absolute Gasteiger partial charge is 0.0491 e. The molecular formula is C13H15ClN2. The lowest BCUT2D eigenvalue weighted by molar-refractivity contribution is 1.47. The number of anilines is 2. The Morgan fingerprint density at radius 1 is 0.938 bits per heavy atom. The minimum atomic E-state index is 0.868. The number of nitrogens with one attached hydrogen (secondary N) is 1. The van der Waals surface area contributed by atoms with E-state index >= 15 is 0 Å². The number of hydrogen-bond acceptors (Lipinski definition) is 2. The van der Waals surface area contributed by atoms with Crippen LogP contribution in [0.2, 0.25) is 0 Å². The Bertz CT molecular complexity index is 394. The predicted octanol–water partition coefficient (Wildman–Crippen LogP) is 3.83. The van der Waals surface area contributed by atoms with Gasteiger partial charge in [0.1, 0.15) is 0 Å². The molecule has 0 amide bonds. The highest BCUT2D eigenvalue weighted by Gasteiger charge is 1.84. The molecule has 3 heteroatoms. The van der Waals surface area contributed by atoms with Crippen LogP contribution in [0.5, 0.6) is 0 Å². The summed E-state index contributed by atoms with van der Waals surface area (Å²) in [5.41, 5.74) is 8.46. The molecule has 2 aromatic carbocycles. The molecule has 0 unspecified atom stereocenters. The monoisotopic (exact) mass is 234 g/mol. The standard InChI is InChI=1S/C7H9N.C6H6ClN/c1-6-4-2-3-5-7(6)8;7-8-6-4-2-1-3-5-6/h2-5H,8H2,1H3;1-5,8H. The lowest BCUT2D eigenvalue weighted by Crippen LogP contribution is -1.85. The van der Waals surface area contributed by atoms with Crippen molar-refractivity contribution in [3.8, 4) is 0 Å². The average Bonchev–Trinajstić information content (AvgIpc) is 2.35. The van der Waals surface area contributed by atoms with Gasteiger partial charge in [-0.3, -0.25) is 4.84 Å². The van der Waals surface area contributed by atoms with Gasteiger partial charge in [0.15, 0.2) is 0 Å². The van der Waals surface area contributed by atoms with Gasteiger partial charge in [-0.15, -0.1) is 0 Å². The van der Waals surface area contributed by atoms with Crippen LogP contribution in [0.1, 0.15) is 5.56 Å². The summed E-state index contributed by atoms with van der Waals surface area (Å²) in [5, 5.41) is 0. The maximum Gasteiger partial charge on any atom is 0.0491 e. The highest BCUT2D eigenvalue weighted by Crippen LogP contribution is 2.06. The number of halogens is 1. The van der Waals surface area contributed by atoms with Crippen molar-refractivity contribution < 1.29 is 0 Å². The number of para-hydroxylation sites is 2. The first-order valence-corrected chi connectivity index (χ1v) is 5.34. The van der Waals surface area contributed by atoms with Gasteiger partial charge in [0, 0.05) is 23.2 Å². The van der Waals surface area contributed by atoms with Crippen LogP contribution in [0, 0.1) is 6.92 Å². The zero-order valence-corrected chi connectivity index (χ0v) is 9.91. The Morgan fingerprint density at radius 3 is 1.88 bits per heavy atom. The molecule has 2 rings (SSSR count). The molecule has 0 saturated carbocycles. The Balaban J connectivity index is 0.000000160. The molecule has 0 aromatic heterocycles. The van der Waals surface area contributed by atoms with E-state index in [2.05, 4.69) is 4.84 Å². The van der Waals surface area contributed by atoms with E-state index in [0.717, 1.165) is 16.9 Å². The maximum absolute atomic E-state index is 5.52. The fourth-order valence-electron chi connectivity index (χ4n) is 1.09. The van der Waals surface area contributed by atoms with Crippen molar-refractivity contribution in [2.24, 2.45) is 0 Å². The molecule has 2 nitrogen and oxygen atoms in total. The molecule has 84 valence electrons. The van der Waals surface area contributed by atoms with E-state index in [4.69, 9.17) is 17.5 Å². The summed E-state index contributed by atoms with van der Waals surface area (Å²) >= 11 is 5.28. The normalized spacial score (nSPS) is 8.88. The van der Waals surface area contributed by atoms with Crippen molar-refractivity contribution in [2.75, 3.05) is 10.6 Å². The number of benzene rings is 2. The minimum Gasteiger partial charge on any atom is -0.399 e. The lowest BCUT2D eigenvalue weighted by Gasteiger charge is -1.93. The van der Waals surface area contributed by atoms with Gasteiger partial charge in [-0.1, -0.05) is 36.4 Å². The number of nitrogens with two attached hydrogens (primary N) is 1. The Labute approximate surface area is 101 Å². The molecule has 0 heterocycles. The van der Waals surface area contributed by atoms with Crippen LogP contribution in [0.15, 0.2) is 54.6 Å². The fraction of sp³-hybridized carbons (Fsp3) is 0.0769. The van der Waals surface area contributed by atoms with Gasteiger partial charge in [-0.25, -0.2) is 0 Å². The molecule has 2 aromatic rings. The van der Waals surface area contributed by atoms with Gasteiger partial charge in [-0.05, 0) is 30.7 Å². The maximum atomic E-state index is 5.52. The van der Waals surface area contributed by atoms with Gasteiger partial charge >= 0.3 is 0 Å². The quantitative estimate of drug-likeness (QED) is 0.581. The van der Waals surface area contributed by atoms with Crippen molar-refractivity contribution >= 4 is 23.2 Å². The molecular weight excluding hydrogens is 220 g/mol. The van der Waals surface area contributed by atoms with Crippen molar-refractivity contribution in [2.45, 2.75) is 6.92 Å². The van der Waals surface area contributed by atoms with Gasteiger partial charge < -0.3 is 5.73 Å². The number of aryl methyl sites for hydroxylation is 1. The minimum absolute atomic E-state index is 0.868. The second-order valence-corrected chi connectivity index (χ2v) is 3.51. The molecule has 0 spiro atoms. The molecule has 0 aliphatic heterocycles. The molecule has 0 aliphatic carbocycles. The molecule has 0 aliphatic rings. The van der Waals surface area contributed by atoms with Crippen LogP contribution in [0.25, 0.3) is 0 Å². The number of nitrogen functional groups attached to an aromatic ring is 1. The van der Waals surface area contributed by atoms with E-state index < -0.39 is 0 Å². The highest BCUT2D eigenvalue weighted by molar-refractivity contribution is 6.23. The highest BCUT2D eigenvalue weighted by atomic mass is 35.5. The van der Waals surface area contributed by atoms with Crippen molar-refractivity contribution in [1.29, 1.82) is 0 Å². The Hall–Kier alpha value is -1.67. The number of hydrogen-bond donors (Lipinski definition) is 2. The van der Waals surface area contributed by atoms with Crippen molar-refractivity contribution in [3.63, 3.8) is 0 Å². The number of rotatable bonds is 1. The van der Waals surface area contributed by atoms with Crippen LogP contribution < -0.4 is 10.6 Å². The van der Waals surface area contributed by atoms with E-state index in [0.29, 0.717) is 0 Å². The molecule has 16 heavy (non-hydrogen) atoms. The Morgan fingerprint density at radius 2 is 1.50 bits per heavy atom. The average molecular weight is 235 g/mol. The molecule has 0 bridgehead atoms. The van der Waals surface area contributed by atoms with Gasteiger partial charge in [0.2, 0.25) is 0 Å².